The largest absolute Gasteiger partial charge is 0.482 e. The minimum Gasteiger partial charge on any atom is -0.482 e. The van der Waals surface area contributed by atoms with Gasteiger partial charge >= 0.3 is 5.97 Å². The molecule has 0 aliphatic carbocycles. The average Bonchev–Trinajstić information content (AvgIpc) is 3.07. The highest BCUT2D eigenvalue weighted by Crippen LogP contribution is 2.12. The first kappa shape index (κ1) is 16.5. The lowest BCUT2D eigenvalue weighted by atomic mass is 10.2. The Morgan fingerprint density at radius 2 is 1.96 bits per heavy atom. The van der Waals surface area contributed by atoms with Gasteiger partial charge in [-0.1, -0.05) is 0 Å². The molecular weight excluding hydrogens is 305 g/mol. The third kappa shape index (κ3) is 5.46. The fourth-order valence-corrected chi connectivity index (χ4v) is 1.75. The number of amides is 1. The molecule has 1 atom stereocenters. The molecule has 6 nitrogen and oxygen atoms in total. The van der Waals surface area contributed by atoms with Crippen LogP contribution >= 0.6 is 0 Å². The molecular formula is C16H16FNO5. The highest BCUT2D eigenvalue weighted by molar-refractivity contribution is 5.81. The van der Waals surface area contributed by atoms with E-state index >= 15 is 0 Å². The fourth-order valence-electron chi connectivity index (χ4n) is 1.75. The highest BCUT2D eigenvalue weighted by atomic mass is 19.1. The van der Waals surface area contributed by atoms with E-state index in [0.717, 1.165) is 0 Å². The minimum atomic E-state index is -0.699. The van der Waals surface area contributed by atoms with E-state index in [4.69, 9.17) is 13.9 Å². The quantitative estimate of drug-likeness (QED) is 0.791. The van der Waals surface area contributed by atoms with Crippen molar-refractivity contribution in [3.05, 3.63) is 54.2 Å². The van der Waals surface area contributed by atoms with Crippen LogP contribution in [0.15, 0.2) is 47.1 Å². The van der Waals surface area contributed by atoms with E-state index in [2.05, 4.69) is 5.32 Å². The molecule has 2 rings (SSSR count). The van der Waals surface area contributed by atoms with Crippen LogP contribution in [0.4, 0.5) is 4.39 Å². The van der Waals surface area contributed by atoms with Gasteiger partial charge in [0, 0.05) is 0 Å². The van der Waals surface area contributed by atoms with Crippen molar-refractivity contribution >= 4 is 11.9 Å². The van der Waals surface area contributed by atoms with Crippen molar-refractivity contribution in [1.82, 2.24) is 5.32 Å². The van der Waals surface area contributed by atoms with Gasteiger partial charge in [-0.15, -0.1) is 0 Å². The third-order valence-electron chi connectivity index (χ3n) is 2.88. The van der Waals surface area contributed by atoms with Gasteiger partial charge in [0.25, 0.3) is 5.91 Å². The number of furan rings is 1. The number of ether oxygens (including phenoxy) is 2. The van der Waals surface area contributed by atoms with Gasteiger partial charge in [0.15, 0.2) is 13.2 Å². The molecule has 0 spiro atoms. The van der Waals surface area contributed by atoms with Crippen molar-refractivity contribution < 1.29 is 27.9 Å². The van der Waals surface area contributed by atoms with E-state index in [0.29, 0.717) is 11.5 Å². The maximum absolute atomic E-state index is 12.7. The molecule has 23 heavy (non-hydrogen) atoms. The normalized spacial score (nSPS) is 11.6. The number of carbonyl (C=O) groups is 2. The number of carbonyl (C=O) groups excluding carboxylic acids is 2. The highest BCUT2D eigenvalue weighted by Gasteiger charge is 2.13. The number of esters is 1. The van der Waals surface area contributed by atoms with E-state index in [1.807, 2.05) is 0 Å². The summed E-state index contributed by atoms with van der Waals surface area (Å²) in [4.78, 5) is 23.1. The molecule has 0 aliphatic heterocycles. The smallest absolute Gasteiger partial charge is 0.344 e. The summed E-state index contributed by atoms with van der Waals surface area (Å²) in [5, 5.41) is 2.63. The van der Waals surface area contributed by atoms with Crippen LogP contribution in [0.5, 0.6) is 5.75 Å². The molecule has 7 heteroatoms. The van der Waals surface area contributed by atoms with Gasteiger partial charge in [0.05, 0.1) is 12.3 Å². The maximum atomic E-state index is 12.7. The standard InChI is InChI=1S/C16H16FNO5/c1-11(14-3-2-8-21-14)18-15(19)9-23-16(20)10-22-13-6-4-12(17)5-7-13/h2-8,11H,9-10H2,1H3,(H,18,19)/t11-/m1/s1. The molecule has 122 valence electrons. The number of benzene rings is 1. The lowest BCUT2D eigenvalue weighted by Crippen LogP contribution is -2.31. The Morgan fingerprint density at radius 1 is 1.22 bits per heavy atom. The van der Waals surface area contributed by atoms with Crippen LogP contribution in [0.3, 0.4) is 0 Å². The van der Waals surface area contributed by atoms with E-state index in [1.165, 1.54) is 30.5 Å². The first-order valence-electron chi connectivity index (χ1n) is 6.91. The van der Waals surface area contributed by atoms with Gasteiger partial charge in [-0.3, -0.25) is 4.79 Å². The van der Waals surface area contributed by atoms with Crippen molar-refractivity contribution in [3.63, 3.8) is 0 Å². The molecule has 0 saturated heterocycles. The van der Waals surface area contributed by atoms with Gasteiger partial charge < -0.3 is 19.2 Å². The molecule has 1 heterocycles. The molecule has 1 amide bonds. The Hall–Kier alpha value is -2.83. The SMILES string of the molecule is C[C@@H](NC(=O)COC(=O)COc1ccc(F)cc1)c1ccco1. The number of rotatable bonds is 7. The van der Waals surface area contributed by atoms with Crippen molar-refractivity contribution in [2.75, 3.05) is 13.2 Å². The Labute approximate surface area is 132 Å². The lowest BCUT2D eigenvalue weighted by molar-refractivity contribution is -0.150. The second-order valence-corrected chi connectivity index (χ2v) is 4.71. The summed E-state index contributed by atoms with van der Waals surface area (Å²) in [5.74, 6) is -0.620. The molecule has 1 N–H and O–H groups in total. The summed E-state index contributed by atoms with van der Waals surface area (Å²) in [6.45, 7) is 0.958. The molecule has 0 bridgehead atoms. The minimum absolute atomic E-state index is 0.327. The molecule has 1 aromatic carbocycles. The summed E-state index contributed by atoms with van der Waals surface area (Å²) in [6.07, 6.45) is 1.50. The summed E-state index contributed by atoms with van der Waals surface area (Å²) < 4.78 is 27.7. The summed E-state index contributed by atoms with van der Waals surface area (Å²) in [7, 11) is 0. The monoisotopic (exact) mass is 321 g/mol. The van der Waals surface area contributed by atoms with Crippen LogP contribution in [0, 0.1) is 5.82 Å². The van der Waals surface area contributed by atoms with Crippen molar-refractivity contribution in [2.45, 2.75) is 13.0 Å². The maximum Gasteiger partial charge on any atom is 0.344 e. The van der Waals surface area contributed by atoms with E-state index in [-0.39, 0.29) is 12.6 Å². The zero-order valence-corrected chi connectivity index (χ0v) is 12.5. The Kier molecular flexibility index (Phi) is 5.74. The van der Waals surface area contributed by atoms with E-state index < -0.39 is 24.3 Å². The number of nitrogens with one attached hydrogen (secondary N) is 1. The predicted molar refractivity (Wildman–Crippen MR) is 78.1 cm³/mol. The fraction of sp³-hybridized carbons (Fsp3) is 0.250. The number of hydrogen-bond donors (Lipinski definition) is 1. The molecule has 2 aromatic rings. The average molecular weight is 321 g/mol. The first-order chi connectivity index (χ1) is 11.0. The van der Waals surface area contributed by atoms with Crippen LogP contribution in [-0.2, 0) is 14.3 Å². The molecule has 0 aliphatic rings. The van der Waals surface area contributed by atoms with Gasteiger partial charge in [-0.05, 0) is 43.3 Å². The molecule has 0 unspecified atom stereocenters. The Balaban J connectivity index is 1.67. The molecule has 0 radical (unpaired) electrons. The van der Waals surface area contributed by atoms with Crippen LogP contribution in [-0.4, -0.2) is 25.1 Å². The van der Waals surface area contributed by atoms with Gasteiger partial charge in [0.2, 0.25) is 0 Å². The predicted octanol–water partition coefficient (Wildman–Crippen LogP) is 2.22. The topological polar surface area (TPSA) is 77.8 Å². The van der Waals surface area contributed by atoms with E-state index in [1.54, 1.807) is 19.1 Å². The molecule has 1 aromatic heterocycles. The summed E-state index contributed by atoms with van der Waals surface area (Å²) >= 11 is 0. The van der Waals surface area contributed by atoms with Crippen LogP contribution < -0.4 is 10.1 Å². The zero-order valence-electron chi connectivity index (χ0n) is 12.5. The van der Waals surface area contributed by atoms with Gasteiger partial charge in [-0.2, -0.15) is 0 Å². The molecule has 0 fully saturated rings. The summed E-state index contributed by atoms with van der Waals surface area (Å²) in [5.41, 5.74) is 0. The Bertz CT molecular complexity index is 639. The van der Waals surface area contributed by atoms with Gasteiger partial charge in [-0.25, -0.2) is 9.18 Å². The second kappa shape index (κ2) is 7.98. The second-order valence-electron chi connectivity index (χ2n) is 4.71. The Morgan fingerprint density at radius 3 is 2.61 bits per heavy atom. The van der Waals surface area contributed by atoms with E-state index in [9.17, 15) is 14.0 Å². The van der Waals surface area contributed by atoms with Crippen molar-refractivity contribution in [1.29, 1.82) is 0 Å². The van der Waals surface area contributed by atoms with Crippen LogP contribution in [0.2, 0.25) is 0 Å². The van der Waals surface area contributed by atoms with Crippen LogP contribution in [0.25, 0.3) is 0 Å². The number of hydrogen-bond acceptors (Lipinski definition) is 5. The van der Waals surface area contributed by atoms with Gasteiger partial charge in [0.1, 0.15) is 17.3 Å². The van der Waals surface area contributed by atoms with Crippen molar-refractivity contribution in [3.8, 4) is 5.75 Å². The first-order valence-corrected chi connectivity index (χ1v) is 6.91. The lowest BCUT2D eigenvalue weighted by Gasteiger charge is -2.11. The third-order valence-corrected chi connectivity index (χ3v) is 2.88. The summed E-state index contributed by atoms with van der Waals surface area (Å²) in [6, 6.07) is 8.32. The zero-order chi connectivity index (χ0) is 16.7. The molecule has 0 saturated carbocycles. The van der Waals surface area contributed by atoms with Crippen molar-refractivity contribution in [2.24, 2.45) is 0 Å². The number of halogens is 1. The van der Waals surface area contributed by atoms with Crippen LogP contribution in [0.1, 0.15) is 18.7 Å².